The molecule has 0 saturated heterocycles. The average Bonchev–Trinajstić information content (AvgIpc) is 2.44. The van der Waals surface area contributed by atoms with Gasteiger partial charge in [0.05, 0.1) is 6.42 Å². The lowest BCUT2D eigenvalue weighted by atomic mass is 10.1. The minimum absolute atomic E-state index is 0.146. The first-order chi connectivity index (χ1) is 10.3. The van der Waals surface area contributed by atoms with Gasteiger partial charge in [-0.05, 0) is 25.8 Å². The summed E-state index contributed by atoms with van der Waals surface area (Å²) < 4.78 is 0. The number of hydrogen-bond donors (Lipinski definition) is 3. The average molecular weight is 305 g/mol. The second-order valence-corrected chi connectivity index (χ2v) is 6.28. The number of carbonyl (C=O) groups excluding carboxylic acids is 2. The van der Waals surface area contributed by atoms with Gasteiger partial charge < -0.3 is 16.4 Å². The van der Waals surface area contributed by atoms with Crippen LogP contribution >= 0.6 is 0 Å². The van der Waals surface area contributed by atoms with Crippen LogP contribution in [0.25, 0.3) is 0 Å². The lowest BCUT2D eigenvalue weighted by molar-refractivity contribution is -0.129. The SMILES string of the molecule is CCCC(NC(=O)Cc1ccccc1)C(=O)NCC(C)(C)N. The Kier molecular flexibility index (Phi) is 7.05. The zero-order valence-corrected chi connectivity index (χ0v) is 13.7. The van der Waals surface area contributed by atoms with E-state index in [4.69, 9.17) is 5.73 Å². The van der Waals surface area contributed by atoms with Gasteiger partial charge in [0.2, 0.25) is 11.8 Å². The Morgan fingerprint density at radius 1 is 1.23 bits per heavy atom. The third-order valence-corrected chi connectivity index (χ3v) is 3.15. The summed E-state index contributed by atoms with van der Waals surface area (Å²) in [7, 11) is 0. The smallest absolute Gasteiger partial charge is 0.242 e. The molecule has 0 fully saturated rings. The van der Waals surface area contributed by atoms with Crippen molar-refractivity contribution in [2.45, 2.75) is 51.6 Å². The first-order valence-electron chi connectivity index (χ1n) is 7.71. The molecule has 0 radical (unpaired) electrons. The highest BCUT2D eigenvalue weighted by molar-refractivity contribution is 5.88. The molecule has 1 aromatic rings. The zero-order valence-electron chi connectivity index (χ0n) is 13.7. The van der Waals surface area contributed by atoms with Gasteiger partial charge in [-0.2, -0.15) is 0 Å². The van der Waals surface area contributed by atoms with Crippen LogP contribution in [-0.2, 0) is 16.0 Å². The van der Waals surface area contributed by atoms with E-state index in [2.05, 4.69) is 10.6 Å². The summed E-state index contributed by atoms with van der Waals surface area (Å²) in [4.78, 5) is 24.3. The molecular formula is C17H27N3O2. The maximum absolute atomic E-state index is 12.2. The van der Waals surface area contributed by atoms with Gasteiger partial charge in [-0.25, -0.2) is 0 Å². The van der Waals surface area contributed by atoms with Crippen molar-refractivity contribution in [2.24, 2.45) is 5.73 Å². The van der Waals surface area contributed by atoms with Crippen molar-refractivity contribution >= 4 is 11.8 Å². The van der Waals surface area contributed by atoms with Gasteiger partial charge in [-0.15, -0.1) is 0 Å². The molecule has 0 aromatic heterocycles. The van der Waals surface area contributed by atoms with Crippen molar-refractivity contribution in [2.75, 3.05) is 6.54 Å². The number of benzene rings is 1. The number of carbonyl (C=O) groups is 2. The highest BCUT2D eigenvalue weighted by Gasteiger charge is 2.21. The molecule has 0 aliphatic heterocycles. The molecule has 1 unspecified atom stereocenters. The number of nitrogens with one attached hydrogen (secondary N) is 2. The summed E-state index contributed by atoms with van der Waals surface area (Å²) in [6.45, 7) is 6.04. The number of hydrogen-bond acceptors (Lipinski definition) is 3. The van der Waals surface area contributed by atoms with Crippen LogP contribution < -0.4 is 16.4 Å². The maximum atomic E-state index is 12.2. The molecule has 0 saturated carbocycles. The second-order valence-electron chi connectivity index (χ2n) is 6.28. The van der Waals surface area contributed by atoms with Gasteiger partial charge in [0.1, 0.15) is 6.04 Å². The Hall–Kier alpha value is -1.88. The van der Waals surface area contributed by atoms with Crippen molar-refractivity contribution in [1.29, 1.82) is 0 Å². The van der Waals surface area contributed by atoms with E-state index in [1.807, 2.05) is 51.1 Å². The third-order valence-electron chi connectivity index (χ3n) is 3.15. The predicted octanol–water partition coefficient (Wildman–Crippen LogP) is 1.37. The third kappa shape index (κ3) is 7.22. The Morgan fingerprint density at radius 3 is 2.41 bits per heavy atom. The van der Waals surface area contributed by atoms with E-state index in [1.165, 1.54) is 0 Å². The standard InChI is InChI=1S/C17H27N3O2/c1-4-8-14(16(22)19-12-17(2,3)18)20-15(21)11-13-9-6-5-7-10-13/h5-7,9-10,14H,4,8,11-12,18H2,1-3H3,(H,19,22)(H,20,21). The summed E-state index contributed by atoms with van der Waals surface area (Å²) in [6.07, 6.45) is 1.70. The van der Waals surface area contributed by atoms with Gasteiger partial charge >= 0.3 is 0 Å². The highest BCUT2D eigenvalue weighted by atomic mass is 16.2. The molecule has 1 atom stereocenters. The van der Waals surface area contributed by atoms with E-state index in [1.54, 1.807) is 0 Å². The molecule has 2 amide bonds. The fourth-order valence-corrected chi connectivity index (χ4v) is 2.02. The highest BCUT2D eigenvalue weighted by Crippen LogP contribution is 2.03. The molecule has 122 valence electrons. The van der Waals surface area contributed by atoms with Crippen molar-refractivity contribution in [3.8, 4) is 0 Å². The van der Waals surface area contributed by atoms with Crippen LogP contribution in [0, 0.1) is 0 Å². The Balaban J connectivity index is 2.55. The van der Waals surface area contributed by atoms with E-state index in [0.29, 0.717) is 13.0 Å². The summed E-state index contributed by atoms with van der Waals surface area (Å²) in [6, 6.07) is 8.97. The van der Waals surface area contributed by atoms with Crippen molar-refractivity contribution in [1.82, 2.24) is 10.6 Å². The topological polar surface area (TPSA) is 84.2 Å². The van der Waals surface area contributed by atoms with Crippen LogP contribution in [0.3, 0.4) is 0 Å². The van der Waals surface area contributed by atoms with Crippen LogP contribution in [0.5, 0.6) is 0 Å². The van der Waals surface area contributed by atoms with Crippen LogP contribution in [0.1, 0.15) is 39.2 Å². The molecule has 1 aromatic carbocycles. The lowest BCUT2D eigenvalue weighted by Gasteiger charge is -2.22. The van der Waals surface area contributed by atoms with Crippen molar-refractivity contribution in [3.05, 3.63) is 35.9 Å². The molecule has 5 nitrogen and oxygen atoms in total. The molecule has 1 rings (SSSR count). The van der Waals surface area contributed by atoms with E-state index in [-0.39, 0.29) is 18.2 Å². The minimum Gasteiger partial charge on any atom is -0.352 e. The fourth-order valence-electron chi connectivity index (χ4n) is 2.02. The van der Waals surface area contributed by atoms with E-state index < -0.39 is 11.6 Å². The molecule has 0 heterocycles. The second kappa shape index (κ2) is 8.54. The minimum atomic E-state index is -0.511. The molecule has 22 heavy (non-hydrogen) atoms. The van der Waals surface area contributed by atoms with Gasteiger partial charge in [-0.1, -0.05) is 43.7 Å². The Labute approximate surface area is 132 Å². The van der Waals surface area contributed by atoms with Crippen LogP contribution in [0.15, 0.2) is 30.3 Å². The summed E-state index contributed by atoms with van der Waals surface area (Å²) in [5, 5.41) is 5.61. The molecule has 0 bridgehead atoms. The Bertz CT molecular complexity index is 480. The fraction of sp³-hybridized carbons (Fsp3) is 0.529. The first kappa shape index (κ1) is 18.2. The van der Waals surface area contributed by atoms with E-state index in [0.717, 1.165) is 12.0 Å². The molecule has 4 N–H and O–H groups in total. The van der Waals surface area contributed by atoms with Crippen LogP contribution in [0.4, 0.5) is 0 Å². The van der Waals surface area contributed by atoms with E-state index in [9.17, 15) is 9.59 Å². The molecule has 0 aliphatic rings. The van der Waals surface area contributed by atoms with Gasteiger partial charge in [0, 0.05) is 12.1 Å². The summed E-state index contributed by atoms with van der Waals surface area (Å²) >= 11 is 0. The van der Waals surface area contributed by atoms with E-state index >= 15 is 0 Å². The lowest BCUT2D eigenvalue weighted by Crippen LogP contribution is -2.52. The summed E-state index contributed by atoms with van der Waals surface area (Å²) in [5.74, 6) is -0.325. The molecule has 5 heteroatoms. The van der Waals surface area contributed by atoms with Crippen LogP contribution in [0.2, 0.25) is 0 Å². The van der Waals surface area contributed by atoms with Crippen LogP contribution in [-0.4, -0.2) is 29.9 Å². The summed E-state index contributed by atoms with van der Waals surface area (Å²) in [5.41, 5.74) is 6.32. The number of amides is 2. The normalized spacial score (nSPS) is 12.5. The molecule has 0 aliphatic carbocycles. The monoisotopic (exact) mass is 305 g/mol. The predicted molar refractivity (Wildman–Crippen MR) is 88.3 cm³/mol. The largest absolute Gasteiger partial charge is 0.352 e. The maximum Gasteiger partial charge on any atom is 0.242 e. The Morgan fingerprint density at radius 2 is 1.86 bits per heavy atom. The quantitative estimate of drug-likeness (QED) is 0.678. The zero-order chi connectivity index (χ0) is 16.6. The number of nitrogens with two attached hydrogens (primary N) is 1. The van der Waals surface area contributed by atoms with Gasteiger partial charge in [0.25, 0.3) is 0 Å². The van der Waals surface area contributed by atoms with Crippen molar-refractivity contribution < 1.29 is 9.59 Å². The first-order valence-corrected chi connectivity index (χ1v) is 7.71. The van der Waals surface area contributed by atoms with Crippen molar-refractivity contribution in [3.63, 3.8) is 0 Å². The van der Waals surface area contributed by atoms with Gasteiger partial charge in [0.15, 0.2) is 0 Å². The molecular weight excluding hydrogens is 278 g/mol. The van der Waals surface area contributed by atoms with Gasteiger partial charge in [-0.3, -0.25) is 9.59 Å². The molecule has 0 spiro atoms. The number of rotatable bonds is 8.